The van der Waals surface area contributed by atoms with Crippen LogP contribution in [0.15, 0.2) is 36.4 Å². The molecule has 0 fully saturated rings. The standard InChI is InChI=1S/C15H10F3NO2/c1-8(20)19-10-4-2-9(3-5-10)15(21)11-6-7-12(16)14(18)13(11)17/h2-7H,1H3,(H,19,20). The first-order chi connectivity index (χ1) is 9.90. The van der Waals surface area contributed by atoms with Crippen molar-refractivity contribution in [3.63, 3.8) is 0 Å². The lowest BCUT2D eigenvalue weighted by Gasteiger charge is -2.06. The summed E-state index contributed by atoms with van der Waals surface area (Å²) in [6.45, 7) is 1.33. The average molecular weight is 293 g/mol. The maximum atomic E-state index is 13.6. The third kappa shape index (κ3) is 3.10. The quantitative estimate of drug-likeness (QED) is 0.697. The molecule has 0 unspecified atom stereocenters. The van der Waals surface area contributed by atoms with Crippen molar-refractivity contribution in [1.82, 2.24) is 0 Å². The predicted octanol–water partition coefficient (Wildman–Crippen LogP) is 3.29. The second-order valence-corrected chi connectivity index (χ2v) is 4.31. The van der Waals surface area contributed by atoms with Gasteiger partial charge in [-0.05, 0) is 36.4 Å². The number of carbonyl (C=O) groups excluding carboxylic acids is 2. The van der Waals surface area contributed by atoms with Crippen LogP contribution in [0.3, 0.4) is 0 Å². The van der Waals surface area contributed by atoms with E-state index in [1.165, 1.54) is 31.2 Å². The van der Waals surface area contributed by atoms with Crippen molar-refractivity contribution in [3.8, 4) is 0 Å². The van der Waals surface area contributed by atoms with Gasteiger partial charge in [-0.25, -0.2) is 13.2 Å². The topological polar surface area (TPSA) is 46.2 Å². The van der Waals surface area contributed by atoms with Gasteiger partial charge in [-0.2, -0.15) is 0 Å². The number of halogens is 3. The SMILES string of the molecule is CC(=O)Nc1ccc(C(=O)c2ccc(F)c(F)c2F)cc1. The maximum Gasteiger partial charge on any atom is 0.221 e. The highest BCUT2D eigenvalue weighted by Gasteiger charge is 2.19. The Morgan fingerprint density at radius 3 is 2.10 bits per heavy atom. The van der Waals surface area contributed by atoms with E-state index in [1.807, 2.05) is 0 Å². The van der Waals surface area contributed by atoms with Crippen LogP contribution in [-0.4, -0.2) is 11.7 Å². The Morgan fingerprint density at radius 2 is 1.52 bits per heavy atom. The van der Waals surface area contributed by atoms with Crippen molar-refractivity contribution in [2.45, 2.75) is 6.92 Å². The number of anilines is 1. The summed E-state index contributed by atoms with van der Waals surface area (Å²) in [4.78, 5) is 22.9. The molecule has 2 aromatic carbocycles. The van der Waals surface area contributed by atoms with Crippen molar-refractivity contribution >= 4 is 17.4 Å². The minimum absolute atomic E-state index is 0.0917. The molecule has 21 heavy (non-hydrogen) atoms. The van der Waals surface area contributed by atoms with E-state index in [-0.39, 0.29) is 11.5 Å². The first-order valence-electron chi connectivity index (χ1n) is 5.96. The Labute approximate surface area is 118 Å². The molecule has 0 aliphatic rings. The van der Waals surface area contributed by atoms with Gasteiger partial charge in [0, 0.05) is 18.2 Å². The average Bonchev–Trinajstić information content (AvgIpc) is 2.44. The minimum Gasteiger partial charge on any atom is -0.326 e. The van der Waals surface area contributed by atoms with Gasteiger partial charge in [0.15, 0.2) is 23.2 Å². The zero-order chi connectivity index (χ0) is 15.6. The number of ketones is 1. The number of rotatable bonds is 3. The van der Waals surface area contributed by atoms with Crippen LogP contribution < -0.4 is 5.32 Å². The monoisotopic (exact) mass is 293 g/mol. The summed E-state index contributed by atoms with van der Waals surface area (Å²) in [6.07, 6.45) is 0. The molecule has 1 N–H and O–H groups in total. The van der Waals surface area contributed by atoms with E-state index in [4.69, 9.17) is 0 Å². The molecule has 0 heterocycles. The third-order valence-electron chi connectivity index (χ3n) is 2.75. The van der Waals surface area contributed by atoms with Crippen LogP contribution >= 0.6 is 0 Å². The summed E-state index contributed by atoms with van der Waals surface area (Å²) in [5, 5.41) is 2.50. The van der Waals surface area contributed by atoms with Gasteiger partial charge in [0.1, 0.15) is 0 Å². The Hall–Kier alpha value is -2.63. The van der Waals surface area contributed by atoms with Crippen LogP contribution in [0.1, 0.15) is 22.8 Å². The van der Waals surface area contributed by atoms with Crippen LogP contribution in [0, 0.1) is 17.5 Å². The van der Waals surface area contributed by atoms with Crippen LogP contribution in [0.25, 0.3) is 0 Å². The molecule has 2 aromatic rings. The minimum atomic E-state index is -1.68. The molecule has 108 valence electrons. The number of benzene rings is 2. The summed E-state index contributed by atoms with van der Waals surface area (Å²) >= 11 is 0. The summed E-state index contributed by atoms with van der Waals surface area (Å²) in [6, 6.07) is 7.19. The zero-order valence-corrected chi connectivity index (χ0v) is 10.9. The zero-order valence-electron chi connectivity index (χ0n) is 10.9. The molecule has 0 bridgehead atoms. The molecule has 0 saturated heterocycles. The largest absolute Gasteiger partial charge is 0.326 e. The molecule has 2 rings (SSSR count). The molecular weight excluding hydrogens is 283 g/mol. The second-order valence-electron chi connectivity index (χ2n) is 4.31. The molecule has 0 aromatic heterocycles. The highest BCUT2D eigenvalue weighted by molar-refractivity contribution is 6.09. The van der Waals surface area contributed by atoms with E-state index in [9.17, 15) is 22.8 Å². The van der Waals surface area contributed by atoms with Gasteiger partial charge in [-0.15, -0.1) is 0 Å². The van der Waals surface area contributed by atoms with Crippen LogP contribution in [0.5, 0.6) is 0 Å². The first kappa shape index (κ1) is 14.8. The summed E-state index contributed by atoms with van der Waals surface area (Å²) in [5.74, 6) is -5.62. The molecule has 3 nitrogen and oxygen atoms in total. The highest BCUT2D eigenvalue weighted by atomic mass is 19.2. The molecule has 1 amide bonds. The molecule has 0 aliphatic heterocycles. The third-order valence-corrected chi connectivity index (χ3v) is 2.75. The highest BCUT2D eigenvalue weighted by Crippen LogP contribution is 2.19. The molecule has 6 heteroatoms. The molecule has 0 saturated carbocycles. The van der Waals surface area contributed by atoms with Gasteiger partial charge in [-0.3, -0.25) is 9.59 Å². The number of hydrogen-bond acceptors (Lipinski definition) is 2. The lowest BCUT2D eigenvalue weighted by molar-refractivity contribution is -0.114. The number of amides is 1. The number of carbonyl (C=O) groups is 2. The Morgan fingerprint density at radius 1 is 0.905 bits per heavy atom. The van der Waals surface area contributed by atoms with Crippen LogP contribution in [0.2, 0.25) is 0 Å². The van der Waals surface area contributed by atoms with Gasteiger partial charge in [-0.1, -0.05) is 0 Å². The Balaban J connectivity index is 2.32. The van der Waals surface area contributed by atoms with Crippen molar-refractivity contribution in [2.75, 3.05) is 5.32 Å². The molecular formula is C15H10F3NO2. The smallest absolute Gasteiger partial charge is 0.221 e. The van der Waals surface area contributed by atoms with Crippen molar-refractivity contribution < 1.29 is 22.8 Å². The van der Waals surface area contributed by atoms with Crippen molar-refractivity contribution in [3.05, 3.63) is 65.0 Å². The second kappa shape index (κ2) is 5.78. The maximum absolute atomic E-state index is 13.6. The van der Waals surface area contributed by atoms with Crippen LogP contribution in [0.4, 0.5) is 18.9 Å². The fraction of sp³-hybridized carbons (Fsp3) is 0.0667. The first-order valence-corrected chi connectivity index (χ1v) is 5.96. The fourth-order valence-electron chi connectivity index (χ4n) is 1.76. The lowest BCUT2D eigenvalue weighted by atomic mass is 10.0. The van der Waals surface area contributed by atoms with E-state index in [1.54, 1.807) is 0 Å². The lowest BCUT2D eigenvalue weighted by Crippen LogP contribution is -2.08. The van der Waals surface area contributed by atoms with E-state index < -0.39 is 28.8 Å². The van der Waals surface area contributed by atoms with Gasteiger partial charge in [0.2, 0.25) is 5.91 Å². The van der Waals surface area contributed by atoms with E-state index >= 15 is 0 Å². The Kier molecular flexibility index (Phi) is 4.07. The summed E-state index contributed by atoms with van der Waals surface area (Å²) < 4.78 is 39.5. The van der Waals surface area contributed by atoms with Crippen LogP contribution in [-0.2, 0) is 4.79 Å². The van der Waals surface area contributed by atoms with E-state index in [0.717, 1.165) is 6.07 Å². The number of hydrogen-bond donors (Lipinski definition) is 1. The van der Waals surface area contributed by atoms with Gasteiger partial charge in [0.25, 0.3) is 0 Å². The summed E-state index contributed by atoms with van der Waals surface area (Å²) in [5.41, 5.74) is -0.00000378. The van der Waals surface area contributed by atoms with Gasteiger partial charge in [0.05, 0.1) is 5.56 Å². The van der Waals surface area contributed by atoms with Crippen molar-refractivity contribution in [1.29, 1.82) is 0 Å². The predicted molar refractivity (Wildman–Crippen MR) is 70.5 cm³/mol. The van der Waals surface area contributed by atoms with Crippen molar-refractivity contribution in [2.24, 2.45) is 0 Å². The normalized spacial score (nSPS) is 10.3. The molecule has 0 radical (unpaired) electrons. The molecule has 0 aliphatic carbocycles. The molecule has 0 spiro atoms. The van der Waals surface area contributed by atoms with E-state index in [0.29, 0.717) is 11.8 Å². The molecule has 0 atom stereocenters. The Bertz CT molecular complexity index is 712. The van der Waals surface area contributed by atoms with Gasteiger partial charge >= 0.3 is 0 Å². The number of nitrogens with one attached hydrogen (secondary N) is 1. The van der Waals surface area contributed by atoms with E-state index in [2.05, 4.69) is 5.32 Å². The summed E-state index contributed by atoms with van der Waals surface area (Å²) in [7, 11) is 0. The fourth-order valence-corrected chi connectivity index (χ4v) is 1.76. The van der Waals surface area contributed by atoms with Gasteiger partial charge < -0.3 is 5.32 Å².